The molecule has 1 aliphatic heterocycles. The zero-order chi connectivity index (χ0) is 20.9. The number of nitrogens with one attached hydrogen (secondary N) is 1. The van der Waals surface area contributed by atoms with E-state index >= 15 is 0 Å². The quantitative estimate of drug-likeness (QED) is 0.610. The van der Waals surface area contributed by atoms with Crippen molar-refractivity contribution in [3.05, 3.63) is 64.6 Å². The van der Waals surface area contributed by atoms with Crippen LogP contribution in [0, 0.1) is 5.82 Å². The smallest absolute Gasteiger partial charge is 0.213 e. The fourth-order valence-corrected chi connectivity index (χ4v) is 4.04. The number of likely N-dealkylation sites (tertiary alicyclic amines) is 1. The lowest BCUT2D eigenvalue weighted by Gasteiger charge is -2.32. The molecule has 0 amide bonds. The molecule has 158 valence electrons. The Kier molecular flexibility index (Phi) is 6.77. The second-order valence-electron chi connectivity index (χ2n) is 7.69. The van der Waals surface area contributed by atoms with E-state index in [0.717, 1.165) is 55.5 Å². The molecule has 1 aromatic carbocycles. The van der Waals surface area contributed by atoms with Crippen LogP contribution in [0.25, 0.3) is 11.0 Å². The minimum Gasteiger partial charge on any atom is -0.481 e. The van der Waals surface area contributed by atoms with Crippen molar-refractivity contribution in [2.45, 2.75) is 31.8 Å². The van der Waals surface area contributed by atoms with Gasteiger partial charge in [0, 0.05) is 31.4 Å². The summed E-state index contributed by atoms with van der Waals surface area (Å²) in [5.74, 6) is 0.255. The number of fused-ring (bicyclic) bond motifs is 1. The van der Waals surface area contributed by atoms with Gasteiger partial charge in [0.2, 0.25) is 5.88 Å². The highest BCUT2D eigenvalue weighted by atomic mass is 35.5. The number of piperidine rings is 1. The molecule has 0 saturated carbocycles. The topological polar surface area (TPSA) is 50.3 Å². The van der Waals surface area contributed by atoms with Gasteiger partial charge in [-0.3, -0.25) is 4.98 Å². The molecule has 0 radical (unpaired) electrons. The van der Waals surface area contributed by atoms with E-state index in [1.165, 1.54) is 11.6 Å². The van der Waals surface area contributed by atoms with E-state index in [-0.39, 0.29) is 10.8 Å². The van der Waals surface area contributed by atoms with Crippen molar-refractivity contribution in [2.75, 3.05) is 26.7 Å². The first kappa shape index (κ1) is 21.0. The van der Waals surface area contributed by atoms with Crippen molar-refractivity contribution in [1.29, 1.82) is 0 Å². The van der Waals surface area contributed by atoms with Crippen LogP contribution in [-0.4, -0.2) is 47.7 Å². The third-order valence-corrected chi connectivity index (χ3v) is 6.02. The summed E-state index contributed by atoms with van der Waals surface area (Å²) in [7, 11) is 1.63. The number of benzene rings is 1. The largest absolute Gasteiger partial charge is 0.481 e. The zero-order valence-electron chi connectivity index (χ0n) is 17.1. The minimum atomic E-state index is -0.360. The number of ether oxygens (including phenoxy) is 1. The Hall–Kier alpha value is -2.28. The molecule has 2 aromatic heterocycles. The lowest BCUT2D eigenvalue weighted by molar-refractivity contribution is 0.199. The number of nitrogens with zero attached hydrogens (tertiary/aromatic N) is 3. The molecule has 3 aromatic rings. The van der Waals surface area contributed by atoms with Crippen LogP contribution >= 0.6 is 11.6 Å². The predicted octanol–water partition coefficient (Wildman–Crippen LogP) is 4.23. The summed E-state index contributed by atoms with van der Waals surface area (Å²) in [5.41, 5.74) is 3.94. The summed E-state index contributed by atoms with van der Waals surface area (Å²) in [6.07, 6.45) is 4.95. The number of aromatic nitrogens is 2. The highest BCUT2D eigenvalue weighted by Gasteiger charge is 2.19. The molecule has 1 N–H and O–H groups in total. The molecule has 0 aliphatic carbocycles. The second-order valence-corrected chi connectivity index (χ2v) is 8.09. The van der Waals surface area contributed by atoms with Crippen LogP contribution in [0.15, 0.2) is 42.6 Å². The monoisotopic (exact) mass is 428 g/mol. The van der Waals surface area contributed by atoms with Crippen molar-refractivity contribution < 1.29 is 9.13 Å². The molecule has 0 atom stereocenters. The van der Waals surface area contributed by atoms with Crippen LogP contribution in [0.2, 0.25) is 5.02 Å². The standard InChI is InChI=1S/C23H26ClFN4O/c1-30-22-5-4-21-23(28-22)17(6-10-26-21)7-11-29-12-8-18(9-13-29)27-15-16-2-3-19(24)20(25)14-16/h2-6,10,14,18,27H,7-9,11-13,15H2,1H3. The molecule has 4 rings (SSSR count). The van der Waals surface area contributed by atoms with E-state index in [4.69, 9.17) is 16.3 Å². The van der Waals surface area contributed by atoms with Gasteiger partial charge < -0.3 is 15.0 Å². The normalized spacial score (nSPS) is 15.6. The van der Waals surface area contributed by atoms with Gasteiger partial charge in [-0.25, -0.2) is 9.37 Å². The van der Waals surface area contributed by atoms with Gasteiger partial charge in [-0.1, -0.05) is 17.7 Å². The maximum atomic E-state index is 13.6. The van der Waals surface area contributed by atoms with Gasteiger partial charge in [-0.2, -0.15) is 0 Å². The third kappa shape index (κ3) is 5.06. The molecule has 0 bridgehead atoms. The molecule has 7 heteroatoms. The first-order valence-electron chi connectivity index (χ1n) is 10.3. The van der Waals surface area contributed by atoms with E-state index < -0.39 is 0 Å². The fraction of sp³-hybridized carbons (Fsp3) is 0.391. The summed E-state index contributed by atoms with van der Waals surface area (Å²) in [5, 5.41) is 3.72. The van der Waals surface area contributed by atoms with Crippen LogP contribution in [0.5, 0.6) is 5.88 Å². The van der Waals surface area contributed by atoms with Crippen molar-refractivity contribution in [2.24, 2.45) is 0 Å². The van der Waals surface area contributed by atoms with Crippen LogP contribution in [0.3, 0.4) is 0 Å². The highest BCUT2D eigenvalue weighted by Crippen LogP contribution is 2.20. The fourth-order valence-electron chi connectivity index (χ4n) is 3.93. The highest BCUT2D eigenvalue weighted by molar-refractivity contribution is 6.30. The Labute approximate surface area is 181 Å². The van der Waals surface area contributed by atoms with Crippen LogP contribution < -0.4 is 10.1 Å². The molecule has 1 fully saturated rings. The molecule has 30 heavy (non-hydrogen) atoms. The number of pyridine rings is 2. The Morgan fingerprint density at radius 2 is 2.03 bits per heavy atom. The van der Waals surface area contributed by atoms with Crippen LogP contribution in [-0.2, 0) is 13.0 Å². The van der Waals surface area contributed by atoms with E-state index in [1.54, 1.807) is 13.2 Å². The Bertz CT molecular complexity index is 1010. The number of hydrogen-bond donors (Lipinski definition) is 1. The summed E-state index contributed by atoms with van der Waals surface area (Å²) >= 11 is 5.75. The average Bonchev–Trinajstić information content (AvgIpc) is 2.78. The summed E-state index contributed by atoms with van der Waals surface area (Å²) in [4.78, 5) is 11.5. The van der Waals surface area contributed by atoms with Gasteiger partial charge in [-0.05, 0) is 67.7 Å². The molecule has 0 spiro atoms. The minimum absolute atomic E-state index is 0.169. The lowest BCUT2D eigenvalue weighted by Crippen LogP contribution is -2.42. The molecule has 5 nitrogen and oxygen atoms in total. The average molecular weight is 429 g/mol. The van der Waals surface area contributed by atoms with Crippen molar-refractivity contribution in [3.63, 3.8) is 0 Å². The van der Waals surface area contributed by atoms with E-state index in [1.807, 2.05) is 30.5 Å². The Balaban J connectivity index is 1.27. The van der Waals surface area contributed by atoms with Crippen molar-refractivity contribution in [3.8, 4) is 5.88 Å². The van der Waals surface area contributed by atoms with Crippen LogP contribution in [0.1, 0.15) is 24.0 Å². The summed E-state index contributed by atoms with van der Waals surface area (Å²) in [6, 6.07) is 11.3. The number of rotatable bonds is 7. The number of methoxy groups -OCH3 is 1. The van der Waals surface area contributed by atoms with E-state index in [2.05, 4.69) is 20.2 Å². The molecular weight excluding hydrogens is 403 g/mol. The Morgan fingerprint density at radius 1 is 1.20 bits per heavy atom. The molecule has 0 unspecified atom stereocenters. The molecule has 1 saturated heterocycles. The van der Waals surface area contributed by atoms with E-state index in [9.17, 15) is 4.39 Å². The first-order chi connectivity index (χ1) is 14.6. The van der Waals surface area contributed by atoms with Crippen molar-refractivity contribution >= 4 is 22.6 Å². The van der Waals surface area contributed by atoms with Gasteiger partial charge in [0.15, 0.2) is 0 Å². The second kappa shape index (κ2) is 9.69. The predicted molar refractivity (Wildman–Crippen MR) is 118 cm³/mol. The van der Waals surface area contributed by atoms with Gasteiger partial charge >= 0.3 is 0 Å². The molecule has 1 aliphatic rings. The SMILES string of the molecule is COc1ccc2nccc(CCN3CCC(NCc4ccc(Cl)c(F)c4)CC3)c2n1. The number of hydrogen-bond acceptors (Lipinski definition) is 5. The van der Waals surface area contributed by atoms with Crippen molar-refractivity contribution in [1.82, 2.24) is 20.2 Å². The third-order valence-electron chi connectivity index (χ3n) is 5.71. The van der Waals surface area contributed by atoms with Gasteiger partial charge in [-0.15, -0.1) is 0 Å². The molecule has 3 heterocycles. The maximum absolute atomic E-state index is 13.6. The first-order valence-corrected chi connectivity index (χ1v) is 10.7. The summed E-state index contributed by atoms with van der Waals surface area (Å²) < 4.78 is 18.8. The summed E-state index contributed by atoms with van der Waals surface area (Å²) in [6.45, 7) is 3.75. The maximum Gasteiger partial charge on any atom is 0.213 e. The van der Waals surface area contributed by atoms with Gasteiger partial charge in [0.1, 0.15) is 5.82 Å². The lowest BCUT2D eigenvalue weighted by atomic mass is 10.0. The van der Waals surface area contributed by atoms with Crippen LogP contribution in [0.4, 0.5) is 4.39 Å². The Morgan fingerprint density at radius 3 is 2.80 bits per heavy atom. The van der Waals surface area contributed by atoms with Gasteiger partial charge in [0.05, 0.1) is 23.2 Å². The van der Waals surface area contributed by atoms with E-state index in [0.29, 0.717) is 18.5 Å². The number of halogens is 2. The molecular formula is C23H26ClFN4O. The van der Waals surface area contributed by atoms with Gasteiger partial charge in [0.25, 0.3) is 0 Å². The zero-order valence-corrected chi connectivity index (χ0v) is 17.8.